The van der Waals surface area contributed by atoms with Gasteiger partial charge in [-0.15, -0.1) is 0 Å². The maximum Gasteiger partial charge on any atom is 0.253 e. The van der Waals surface area contributed by atoms with Gasteiger partial charge >= 0.3 is 0 Å². The second-order valence-electron chi connectivity index (χ2n) is 5.19. The molecule has 3 aromatic rings. The molecule has 6 heteroatoms. The molecule has 1 aromatic heterocycles. The molecule has 3 rings (SSSR count). The van der Waals surface area contributed by atoms with Crippen molar-refractivity contribution in [2.75, 3.05) is 0 Å². The molecule has 0 saturated heterocycles. The molecule has 0 aliphatic heterocycles. The molecule has 0 aliphatic rings. The summed E-state index contributed by atoms with van der Waals surface area (Å²) in [5, 5.41) is 2.51. The first-order valence-electron chi connectivity index (χ1n) is 7.19. The second-order valence-corrected chi connectivity index (χ2v) is 5.59. The van der Waals surface area contributed by atoms with Gasteiger partial charge in [0.05, 0.1) is 10.6 Å². The minimum Gasteiger partial charge on any atom is -0.348 e. The molecular formula is C18H13ClF2N2O. The van der Waals surface area contributed by atoms with Crippen LogP contribution in [0, 0.1) is 11.6 Å². The predicted molar refractivity (Wildman–Crippen MR) is 88.3 cm³/mol. The highest BCUT2D eigenvalue weighted by atomic mass is 35.5. The van der Waals surface area contributed by atoms with Gasteiger partial charge in [-0.2, -0.15) is 0 Å². The zero-order valence-corrected chi connectivity index (χ0v) is 13.2. The van der Waals surface area contributed by atoms with Crippen molar-refractivity contribution in [2.24, 2.45) is 0 Å². The number of rotatable bonds is 4. The summed E-state index contributed by atoms with van der Waals surface area (Å²) in [6.07, 6.45) is 3.86. The van der Waals surface area contributed by atoms with Crippen LogP contribution in [-0.4, -0.2) is 10.5 Å². The number of nitrogens with zero attached hydrogens (tertiary/aromatic N) is 1. The van der Waals surface area contributed by atoms with Crippen LogP contribution in [0.3, 0.4) is 0 Å². The molecule has 0 spiro atoms. The minimum absolute atomic E-state index is 0.0977. The number of carbonyl (C=O) groups is 1. The molecule has 3 nitrogen and oxygen atoms in total. The number of halogens is 3. The fraction of sp³-hybridized carbons (Fsp3) is 0.0556. The van der Waals surface area contributed by atoms with Gasteiger partial charge in [0.15, 0.2) is 11.6 Å². The fourth-order valence-electron chi connectivity index (χ4n) is 2.27. The van der Waals surface area contributed by atoms with Crippen LogP contribution in [0.4, 0.5) is 8.78 Å². The van der Waals surface area contributed by atoms with E-state index in [2.05, 4.69) is 5.32 Å². The van der Waals surface area contributed by atoms with E-state index in [0.717, 1.165) is 23.4 Å². The lowest BCUT2D eigenvalue weighted by Gasteiger charge is -2.09. The van der Waals surface area contributed by atoms with Crippen molar-refractivity contribution in [1.29, 1.82) is 0 Å². The van der Waals surface area contributed by atoms with Crippen molar-refractivity contribution in [3.05, 3.63) is 88.7 Å². The molecule has 2 aromatic carbocycles. The SMILES string of the molecule is O=C(NCc1ccc(-n2cccc2)cc1)c1cc(F)c(F)cc1Cl. The Morgan fingerprint density at radius 1 is 1.04 bits per heavy atom. The average molecular weight is 347 g/mol. The lowest BCUT2D eigenvalue weighted by atomic mass is 10.1. The van der Waals surface area contributed by atoms with E-state index in [1.807, 2.05) is 53.4 Å². The van der Waals surface area contributed by atoms with E-state index in [-0.39, 0.29) is 17.1 Å². The van der Waals surface area contributed by atoms with Crippen LogP contribution >= 0.6 is 11.6 Å². The highest BCUT2D eigenvalue weighted by Crippen LogP contribution is 2.20. The van der Waals surface area contributed by atoms with Gasteiger partial charge < -0.3 is 9.88 Å². The summed E-state index contributed by atoms with van der Waals surface area (Å²) >= 11 is 5.79. The van der Waals surface area contributed by atoms with Crippen molar-refractivity contribution < 1.29 is 13.6 Å². The third kappa shape index (κ3) is 3.46. The van der Waals surface area contributed by atoms with E-state index in [1.165, 1.54) is 0 Å². The standard InChI is InChI=1S/C18H13ClF2N2O/c19-15-10-17(21)16(20)9-14(15)18(24)22-11-12-3-5-13(6-4-12)23-7-1-2-8-23/h1-10H,11H2,(H,22,24). The highest BCUT2D eigenvalue weighted by molar-refractivity contribution is 6.33. The number of hydrogen-bond donors (Lipinski definition) is 1. The summed E-state index contributed by atoms with van der Waals surface area (Å²) in [6.45, 7) is 0.250. The molecule has 0 radical (unpaired) electrons. The first-order chi connectivity index (χ1) is 11.5. The van der Waals surface area contributed by atoms with Gasteiger partial charge in [-0.1, -0.05) is 23.7 Å². The Bertz CT molecular complexity index is 861. The molecule has 0 fully saturated rings. The Kier molecular flexibility index (Phi) is 4.62. The topological polar surface area (TPSA) is 34.0 Å². The van der Waals surface area contributed by atoms with E-state index in [1.54, 1.807) is 0 Å². The van der Waals surface area contributed by atoms with Gasteiger partial charge in [-0.05, 0) is 42.0 Å². The Morgan fingerprint density at radius 2 is 1.67 bits per heavy atom. The summed E-state index contributed by atoms with van der Waals surface area (Å²) in [5.41, 5.74) is 1.77. The molecular weight excluding hydrogens is 334 g/mol. The number of nitrogens with one attached hydrogen (secondary N) is 1. The zero-order valence-electron chi connectivity index (χ0n) is 12.5. The largest absolute Gasteiger partial charge is 0.348 e. The van der Waals surface area contributed by atoms with E-state index in [4.69, 9.17) is 11.6 Å². The summed E-state index contributed by atoms with van der Waals surface area (Å²) < 4.78 is 28.2. The number of aromatic nitrogens is 1. The van der Waals surface area contributed by atoms with Crippen molar-refractivity contribution in [2.45, 2.75) is 6.54 Å². The van der Waals surface area contributed by atoms with Gasteiger partial charge in [0.25, 0.3) is 5.91 Å². The van der Waals surface area contributed by atoms with E-state index < -0.39 is 17.5 Å². The quantitative estimate of drug-likeness (QED) is 0.701. The third-order valence-corrected chi connectivity index (χ3v) is 3.86. The first-order valence-corrected chi connectivity index (χ1v) is 7.57. The van der Waals surface area contributed by atoms with Gasteiger partial charge in [0.2, 0.25) is 0 Å². The molecule has 0 saturated carbocycles. The Hall–Kier alpha value is -2.66. The van der Waals surface area contributed by atoms with Crippen LogP contribution in [0.1, 0.15) is 15.9 Å². The number of benzene rings is 2. The zero-order chi connectivity index (χ0) is 17.1. The van der Waals surface area contributed by atoms with Crippen LogP contribution in [0.2, 0.25) is 5.02 Å². The van der Waals surface area contributed by atoms with Crippen LogP contribution in [0.5, 0.6) is 0 Å². The van der Waals surface area contributed by atoms with Gasteiger partial charge in [-0.3, -0.25) is 4.79 Å². The van der Waals surface area contributed by atoms with Crippen molar-refractivity contribution >= 4 is 17.5 Å². The van der Waals surface area contributed by atoms with Crippen molar-refractivity contribution in [3.8, 4) is 5.69 Å². The normalized spacial score (nSPS) is 10.6. The number of amides is 1. The summed E-state index contributed by atoms with van der Waals surface area (Å²) in [7, 11) is 0. The van der Waals surface area contributed by atoms with E-state index >= 15 is 0 Å². The van der Waals surface area contributed by atoms with Crippen molar-refractivity contribution in [1.82, 2.24) is 9.88 Å². The van der Waals surface area contributed by atoms with Crippen LogP contribution in [0.15, 0.2) is 60.9 Å². The Labute approximate surface area is 142 Å². The van der Waals surface area contributed by atoms with Crippen LogP contribution in [-0.2, 0) is 6.54 Å². The molecule has 0 unspecified atom stereocenters. The van der Waals surface area contributed by atoms with Gasteiger partial charge in [-0.25, -0.2) is 8.78 Å². The van der Waals surface area contributed by atoms with Crippen molar-refractivity contribution in [3.63, 3.8) is 0 Å². The molecule has 1 heterocycles. The number of hydrogen-bond acceptors (Lipinski definition) is 1. The first kappa shape index (κ1) is 16.2. The second kappa shape index (κ2) is 6.84. The highest BCUT2D eigenvalue weighted by Gasteiger charge is 2.14. The lowest BCUT2D eigenvalue weighted by Crippen LogP contribution is -2.23. The van der Waals surface area contributed by atoms with Gasteiger partial charge in [0.1, 0.15) is 0 Å². The predicted octanol–water partition coefficient (Wildman–Crippen LogP) is 4.34. The monoisotopic (exact) mass is 346 g/mol. The smallest absolute Gasteiger partial charge is 0.253 e. The third-order valence-electron chi connectivity index (χ3n) is 3.55. The molecule has 0 bridgehead atoms. The minimum atomic E-state index is -1.11. The molecule has 1 amide bonds. The maximum absolute atomic E-state index is 13.2. The molecule has 122 valence electrons. The summed E-state index contributed by atoms with van der Waals surface area (Å²) in [6, 6.07) is 13.0. The maximum atomic E-state index is 13.2. The molecule has 0 atom stereocenters. The summed E-state index contributed by atoms with van der Waals surface area (Å²) in [5.74, 6) is -2.76. The fourth-order valence-corrected chi connectivity index (χ4v) is 2.50. The number of carbonyl (C=O) groups excluding carboxylic acids is 1. The summed E-state index contributed by atoms with van der Waals surface area (Å²) in [4.78, 5) is 12.1. The Morgan fingerprint density at radius 3 is 2.33 bits per heavy atom. The molecule has 1 N–H and O–H groups in total. The van der Waals surface area contributed by atoms with E-state index in [0.29, 0.717) is 0 Å². The average Bonchev–Trinajstić information content (AvgIpc) is 3.11. The van der Waals surface area contributed by atoms with E-state index in [9.17, 15) is 13.6 Å². The molecule has 24 heavy (non-hydrogen) atoms. The molecule has 0 aliphatic carbocycles. The van der Waals surface area contributed by atoms with Gasteiger partial charge in [0, 0.05) is 24.6 Å². The Balaban J connectivity index is 1.67. The lowest BCUT2D eigenvalue weighted by molar-refractivity contribution is 0.0950. The van der Waals surface area contributed by atoms with Crippen LogP contribution in [0.25, 0.3) is 5.69 Å². The van der Waals surface area contributed by atoms with Crippen LogP contribution < -0.4 is 5.32 Å².